The van der Waals surface area contributed by atoms with Gasteiger partial charge in [-0.15, -0.1) is 0 Å². The molecule has 2 aromatic carbocycles. The number of piperidine rings is 1. The Kier molecular flexibility index (Phi) is 5.96. The molecule has 0 aromatic heterocycles. The van der Waals surface area contributed by atoms with E-state index in [4.69, 9.17) is 4.74 Å². The first-order chi connectivity index (χ1) is 13.7. The maximum atomic E-state index is 12.9. The summed E-state index contributed by atoms with van der Waals surface area (Å²) >= 11 is 0. The molecule has 148 valence electrons. The molecule has 0 spiro atoms. The quantitative estimate of drug-likeness (QED) is 0.787. The van der Waals surface area contributed by atoms with Gasteiger partial charge in [0.1, 0.15) is 5.75 Å². The van der Waals surface area contributed by atoms with Gasteiger partial charge in [0.05, 0.1) is 12.7 Å². The molecule has 0 bridgehead atoms. The number of carbonyl (C=O) groups excluding carboxylic acids is 1. The minimum Gasteiger partial charge on any atom is -0.496 e. The van der Waals surface area contributed by atoms with Crippen molar-refractivity contribution in [1.82, 2.24) is 9.80 Å². The highest BCUT2D eigenvalue weighted by Gasteiger charge is 2.30. The van der Waals surface area contributed by atoms with E-state index in [1.165, 1.54) is 18.4 Å². The van der Waals surface area contributed by atoms with E-state index in [1.807, 2.05) is 29.2 Å². The smallest absolute Gasteiger partial charge is 0.257 e. The largest absolute Gasteiger partial charge is 0.496 e. The first-order valence-electron chi connectivity index (χ1n) is 10.4. The van der Waals surface area contributed by atoms with Gasteiger partial charge in [0.25, 0.3) is 5.91 Å². The van der Waals surface area contributed by atoms with Crippen LogP contribution in [0.15, 0.2) is 54.6 Å². The Morgan fingerprint density at radius 1 is 0.964 bits per heavy atom. The van der Waals surface area contributed by atoms with Crippen LogP contribution >= 0.6 is 0 Å². The zero-order valence-electron chi connectivity index (χ0n) is 16.7. The topological polar surface area (TPSA) is 32.8 Å². The molecular formula is C24H30N2O2. The highest BCUT2D eigenvalue weighted by atomic mass is 16.5. The number of carbonyl (C=O) groups is 1. The summed E-state index contributed by atoms with van der Waals surface area (Å²) in [5, 5.41) is 0. The van der Waals surface area contributed by atoms with E-state index in [0.29, 0.717) is 23.1 Å². The van der Waals surface area contributed by atoms with Crippen molar-refractivity contribution in [2.75, 3.05) is 39.8 Å². The van der Waals surface area contributed by atoms with Crippen molar-refractivity contribution >= 4 is 5.91 Å². The Morgan fingerprint density at radius 2 is 1.68 bits per heavy atom. The summed E-state index contributed by atoms with van der Waals surface area (Å²) < 4.78 is 5.37. The average Bonchev–Trinajstić information content (AvgIpc) is 3.23. The first-order valence-corrected chi connectivity index (χ1v) is 10.4. The number of ether oxygens (including phenoxy) is 1. The van der Waals surface area contributed by atoms with Crippen LogP contribution in [0.25, 0.3) is 0 Å². The Morgan fingerprint density at radius 3 is 2.43 bits per heavy atom. The van der Waals surface area contributed by atoms with Crippen molar-refractivity contribution < 1.29 is 9.53 Å². The van der Waals surface area contributed by atoms with Crippen LogP contribution in [0.2, 0.25) is 0 Å². The van der Waals surface area contributed by atoms with Crippen molar-refractivity contribution in [2.45, 2.75) is 25.2 Å². The zero-order valence-corrected chi connectivity index (χ0v) is 16.7. The molecule has 4 nitrogen and oxygen atoms in total. The third kappa shape index (κ3) is 4.22. The van der Waals surface area contributed by atoms with Crippen molar-refractivity contribution in [3.05, 3.63) is 65.7 Å². The van der Waals surface area contributed by atoms with Gasteiger partial charge in [-0.25, -0.2) is 0 Å². The van der Waals surface area contributed by atoms with Crippen LogP contribution in [0.4, 0.5) is 0 Å². The third-order valence-corrected chi connectivity index (χ3v) is 6.29. The fourth-order valence-electron chi connectivity index (χ4n) is 4.70. The average molecular weight is 379 g/mol. The number of methoxy groups -OCH3 is 1. The maximum Gasteiger partial charge on any atom is 0.257 e. The third-order valence-electron chi connectivity index (χ3n) is 6.29. The predicted molar refractivity (Wildman–Crippen MR) is 112 cm³/mol. The number of hydrogen-bond acceptors (Lipinski definition) is 3. The van der Waals surface area contributed by atoms with Gasteiger partial charge in [0.15, 0.2) is 0 Å². The Hall–Kier alpha value is -2.33. The fourth-order valence-corrected chi connectivity index (χ4v) is 4.70. The van der Waals surface area contributed by atoms with Gasteiger partial charge in [0, 0.05) is 19.6 Å². The summed E-state index contributed by atoms with van der Waals surface area (Å²) in [7, 11) is 1.62. The van der Waals surface area contributed by atoms with Crippen LogP contribution in [0.1, 0.15) is 41.1 Å². The van der Waals surface area contributed by atoms with Gasteiger partial charge in [-0.3, -0.25) is 4.79 Å². The minimum absolute atomic E-state index is 0.0998. The lowest BCUT2D eigenvalue weighted by Crippen LogP contribution is -2.37. The van der Waals surface area contributed by atoms with E-state index in [2.05, 4.69) is 35.2 Å². The van der Waals surface area contributed by atoms with Crippen LogP contribution in [-0.2, 0) is 0 Å². The number of rotatable bonds is 5. The molecule has 0 saturated carbocycles. The number of hydrogen-bond donors (Lipinski definition) is 0. The molecule has 0 unspecified atom stereocenters. The highest BCUT2D eigenvalue weighted by molar-refractivity contribution is 5.97. The lowest BCUT2D eigenvalue weighted by atomic mass is 9.89. The number of para-hydroxylation sites is 1. The molecule has 2 saturated heterocycles. The molecule has 2 aromatic rings. The van der Waals surface area contributed by atoms with Crippen LogP contribution in [-0.4, -0.2) is 55.5 Å². The summed E-state index contributed by atoms with van der Waals surface area (Å²) in [5.74, 6) is 2.04. The second-order valence-corrected chi connectivity index (χ2v) is 8.09. The molecule has 4 heteroatoms. The molecule has 4 rings (SSSR count). The zero-order chi connectivity index (χ0) is 19.3. The van der Waals surface area contributed by atoms with Crippen LogP contribution in [0.5, 0.6) is 5.75 Å². The molecule has 28 heavy (non-hydrogen) atoms. The Balaban J connectivity index is 1.28. The van der Waals surface area contributed by atoms with Gasteiger partial charge >= 0.3 is 0 Å². The monoisotopic (exact) mass is 378 g/mol. The lowest BCUT2D eigenvalue weighted by Gasteiger charge is -2.33. The summed E-state index contributed by atoms with van der Waals surface area (Å²) in [5.41, 5.74) is 2.16. The molecular weight excluding hydrogens is 348 g/mol. The van der Waals surface area contributed by atoms with Gasteiger partial charge < -0.3 is 14.5 Å². The van der Waals surface area contributed by atoms with Crippen molar-refractivity contribution in [3.8, 4) is 5.75 Å². The lowest BCUT2D eigenvalue weighted by molar-refractivity contribution is 0.0778. The SMILES string of the molecule is COc1ccccc1C(=O)N1CC[C@@H](CN2CCC(c3ccccc3)CC2)C1. The normalized spacial score (nSPS) is 21.0. The van der Waals surface area contributed by atoms with Crippen LogP contribution < -0.4 is 4.74 Å². The summed E-state index contributed by atoms with van der Waals surface area (Å²) in [6, 6.07) is 18.4. The number of nitrogens with zero attached hydrogens (tertiary/aromatic N) is 2. The summed E-state index contributed by atoms with van der Waals surface area (Å²) in [4.78, 5) is 17.5. The standard InChI is InChI=1S/C24H30N2O2/c1-28-23-10-6-5-9-22(23)24(27)26-16-11-19(18-26)17-25-14-12-21(13-15-25)20-7-3-2-4-8-20/h2-10,19,21H,11-18H2,1H3/t19-/m0/s1. The number of benzene rings is 2. The maximum absolute atomic E-state index is 12.9. The van der Waals surface area contributed by atoms with E-state index in [-0.39, 0.29) is 5.91 Å². The summed E-state index contributed by atoms with van der Waals surface area (Å²) in [6.45, 7) is 5.14. The van der Waals surface area contributed by atoms with Crippen molar-refractivity contribution in [1.29, 1.82) is 0 Å². The van der Waals surface area contributed by atoms with E-state index >= 15 is 0 Å². The van der Waals surface area contributed by atoms with Crippen molar-refractivity contribution in [3.63, 3.8) is 0 Å². The first kappa shape index (κ1) is 19.0. The van der Waals surface area contributed by atoms with Crippen molar-refractivity contribution in [2.24, 2.45) is 5.92 Å². The second-order valence-electron chi connectivity index (χ2n) is 8.09. The van der Waals surface area contributed by atoms with Gasteiger partial charge in [0.2, 0.25) is 0 Å². The molecule has 0 radical (unpaired) electrons. The van der Waals surface area contributed by atoms with Crippen LogP contribution in [0.3, 0.4) is 0 Å². The molecule has 2 aliphatic heterocycles. The Labute approximate surface area is 168 Å². The number of amides is 1. The molecule has 2 fully saturated rings. The van der Waals surface area contributed by atoms with Gasteiger partial charge in [-0.1, -0.05) is 42.5 Å². The minimum atomic E-state index is 0.0998. The molecule has 2 aliphatic rings. The van der Waals surface area contributed by atoms with Crippen LogP contribution in [0, 0.1) is 5.92 Å². The Bertz CT molecular complexity index is 784. The van der Waals surface area contributed by atoms with Gasteiger partial charge in [-0.05, 0) is 61.9 Å². The molecule has 1 atom stereocenters. The van der Waals surface area contributed by atoms with E-state index in [1.54, 1.807) is 7.11 Å². The number of likely N-dealkylation sites (tertiary alicyclic amines) is 2. The molecule has 2 heterocycles. The van der Waals surface area contributed by atoms with Gasteiger partial charge in [-0.2, -0.15) is 0 Å². The summed E-state index contributed by atoms with van der Waals surface area (Å²) in [6.07, 6.45) is 3.57. The fraction of sp³-hybridized carbons (Fsp3) is 0.458. The highest BCUT2D eigenvalue weighted by Crippen LogP contribution is 2.29. The van der Waals surface area contributed by atoms with E-state index in [0.717, 1.165) is 39.1 Å². The molecule has 0 N–H and O–H groups in total. The molecule has 1 amide bonds. The predicted octanol–water partition coefficient (Wildman–Crippen LogP) is 4.04. The second kappa shape index (κ2) is 8.78. The van der Waals surface area contributed by atoms with E-state index in [9.17, 15) is 4.79 Å². The molecule has 0 aliphatic carbocycles. The van der Waals surface area contributed by atoms with E-state index < -0.39 is 0 Å².